The molecule has 2 aromatic rings. The lowest BCUT2D eigenvalue weighted by Crippen LogP contribution is -2.14. The van der Waals surface area contributed by atoms with Gasteiger partial charge in [-0.15, -0.1) is 0 Å². The molecule has 0 spiro atoms. The van der Waals surface area contributed by atoms with Crippen LogP contribution in [0.3, 0.4) is 0 Å². The Hall–Kier alpha value is -1.86. The fourth-order valence-corrected chi connectivity index (χ4v) is 3.89. The number of para-hydroxylation sites is 1. The van der Waals surface area contributed by atoms with Crippen LogP contribution in [0.5, 0.6) is 0 Å². The van der Waals surface area contributed by atoms with Crippen LogP contribution in [0.4, 0.5) is 5.69 Å². The Kier molecular flexibility index (Phi) is 5.20. The van der Waals surface area contributed by atoms with Gasteiger partial charge in [-0.2, -0.15) is 0 Å². The summed E-state index contributed by atoms with van der Waals surface area (Å²) in [5.74, 6) is -0.429. The van der Waals surface area contributed by atoms with Gasteiger partial charge in [-0.1, -0.05) is 24.3 Å². The van der Waals surface area contributed by atoms with Crippen LogP contribution >= 0.6 is 15.9 Å². The van der Waals surface area contributed by atoms with Gasteiger partial charge in [-0.3, -0.25) is 9.52 Å². The molecule has 1 N–H and O–H groups in total. The number of ether oxygens (including phenoxy) is 1. The molecule has 0 bridgehead atoms. The maximum atomic E-state index is 12.5. The topological polar surface area (TPSA) is 72.5 Å². The number of esters is 1. The van der Waals surface area contributed by atoms with Gasteiger partial charge in [0, 0.05) is 10.2 Å². The van der Waals surface area contributed by atoms with E-state index < -0.39 is 16.0 Å². The molecular weight excluding hydrogens is 370 g/mol. The Bertz CT molecular complexity index is 775. The van der Waals surface area contributed by atoms with Gasteiger partial charge in [0.15, 0.2) is 0 Å². The maximum absolute atomic E-state index is 12.5. The van der Waals surface area contributed by atoms with Crippen molar-refractivity contribution in [1.29, 1.82) is 0 Å². The van der Waals surface area contributed by atoms with E-state index in [4.69, 9.17) is 0 Å². The zero-order valence-electron chi connectivity index (χ0n) is 11.7. The summed E-state index contributed by atoms with van der Waals surface area (Å²) in [6.07, 6.45) is 0.0115. The molecule has 0 saturated carbocycles. The second kappa shape index (κ2) is 6.93. The first-order valence-electron chi connectivity index (χ1n) is 6.35. The van der Waals surface area contributed by atoms with Crippen molar-refractivity contribution in [2.75, 3.05) is 11.8 Å². The summed E-state index contributed by atoms with van der Waals surface area (Å²) in [6.45, 7) is 0. The molecule has 5 nitrogen and oxygen atoms in total. The lowest BCUT2D eigenvalue weighted by molar-refractivity contribution is -0.139. The molecule has 22 heavy (non-hydrogen) atoms. The minimum absolute atomic E-state index is 0.0115. The number of carbonyl (C=O) groups is 1. The molecule has 2 aromatic carbocycles. The van der Waals surface area contributed by atoms with Crippen molar-refractivity contribution in [3.05, 3.63) is 58.6 Å². The normalized spacial score (nSPS) is 11.0. The fraction of sp³-hybridized carbons (Fsp3) is 0.133. The molecule has 2 rings (SSSR count). The Morgan fingerprint density at radius 1 is 1.18 bits per heavy atom. The van der Waals surface area contributed by atoms with Crippen LogP contribution in [0.1, 0.15) is 5.56 Å². The van der Waals surface area contributed by atoms with E-state index in [2.05, 4.69) is 25.4 Å². The summed E-state index contributed by atoms with van der Waals surface area (Å²) in [6, 6.07) is 13.3. The first kappa shape index (κ1) is 16.5. The lowest BCUT2D eigenvalue weighted by Gasteiger charge is -2.11. The Morgan fingerprint density at radius 3 is 2.50 bits per heavy atom. The Labute approximate surface area is 137 Å². The smallest absolute Gasteiger partial charge is 0.309 e. The van der Waals surface area contributed by atoms with Gasteiger partial charge in [-0.25, -0.2) is 8.42 Å². The van der Waals surface area contributed by atoms with E-state index in [0.29, 0.717) is 15.7 Å². The molecule has 7 heteroatoms. The van der Waals surface area contributed by atoms with Gasteiger partial charge in [0.05, 0.1) is 13.5 Å². The summed E-state index contributed by atoms with van der Waals surface area (Å²) in [5, 5.41) is 0. The van der Waals surface area contributed by atoms with Crippen LogP contribution < -0.4 is 4.72 Å². The first-order chi connectivity index (χ1) is 10.4. The number of carbonyl (C=O) groups excluding carboxylic acids is 1. The monoisotopic (exact) mass is 383 g/mol. The molecule has 0 atom stereocenters. The van der Waals surface area contributed by atoms with Crippen molar-refractivity contribution < 1.29 is 17.9 Å². The summed E-state index contributed by atoms with van der Waals surface area (Å²) in [4.78, 5) is 11.4. The molecule has 116 valence electrons. The van der Waals surface area contributed by atoms with Crippen molar-refractivity contribution in [3.8, 4) is 0 Å². The third kappa shape index (κ3) is 4.08. The van der Waals surface area contributed by atoms with Crippen LogP contribution in [0.25, 0.3) is 0 Å². The molecule has 0 aliphatic rings. The van der Waals surface area contributed by atoms with Gasteiger partial charge < -0.3 is 4.74 Å². The van der Waals surface area contributed by atoms with Gasteiger partial charge >= 0.3 is 5.97 Å². The lowest BCUT2D eigenvalue weighted by atomic mass is 10.1. The SMILES string of the molecule is COC(=O)Cc1ccc(Br)c(S(=O)(=O)Nc2ccccc2)c1. The van der Waals surface area contributed by atoms with Gasteiger partial charge in [0.1, 0.15) is 4.90 Å². The Morgan fingerprint density at radius 2 is 1.86 bits per heavy atom. The van der Waals surface area contributed by atoms with Crippen LogP contribution in [0.2, 0.25) is 0 Å². The van der Waals surface area contributed by atoms with Crippen molar-refractivity contribution in [2.45, 2.75) is 11.3 Å². The highest BCUT2D eigenvalue weighted by molar-refractivity contribution is 9.10. The number of nitrogens with one attached hydrogen (secondary N) is 1. The summed E-state index contributed by atoms with van der Waals surface area (Å²) < 4.78 is 32.5. The minimum Gasteiger partial charge on any atom is -0.469 e. The minimum atomic E-state index is -3.76. The average molecular weight is 384 g/mol. The molecule has 0 aliphatic heterocycles. The van der Waals surface area contributed by atoms with E-state index in [1.54, 1.807) is 42.5 Å². The van der Waals surface area contributed by atoms with E-state index in [9.17, 15) is 13.2 Å². The van der Waals surface area contributed by atoms with E-state index in [0.717, 1.165) is 0 Å². The second-order valence-electron chi connectivity index (χ2n) is 4.49. The highest BCUT2D eigenvalue weighted by Gasteiger charge is 2.19. The fourth-order valence-electron chi connectivity index (χ4n) is 1.82. The maximum Gasteiger partial charge on any atom is 0.309 e. The molecule has 0 fully saturated rings. The molecule has 0 aliphatic carbocycles. The number of methoxy groups -OCH3 is 1. The molecular formula is C15H14BrNO4S. The standard InChI is InChI=1S/C15H14BrNO4S/c1-21-15(18)10-11-7-8-13(16)14(9-11)22(19,20)17-12-5-3-2-4-6-12/h2-9,17H,10H2,1H3. The number of sulfonamides is 1. The quantitative estimate of drug-likeness (QED) is 0.805. The second-order valence-corrected chi connectivity index (χ2v) is 6.99. The van der Waals surface area contributed by atoms with Crippen LogP contribution in [-0.4, -0.2) is 21.5 Å². The predicted molar refractivity (Wildman–Crippen MR) is 87.1 cm³/mol. The number of hydrogen-bond acceptors (Lipinski definition) is 4. The summed E-state index contributed by atoms with van der Waals surface area (Å²) in [5.41, 5.74) is 1.02. The Balaban J connectivity index is 2.33. The number of anilines is 1. The van der Waals surface area contributed by atoms with Crippen LogP contribution in [-0.2, 0) is 26.0 Å². The van der Waals surface area contributed by atoms with Crippen molar-refractivity contribution in [3.63, 3.8) is 0 Å². The highest BCUT2D eigenvalue weighted by Crippen LogP contribution is 2.25. The third-order valence-corrected chi connectivity index (χ3v) is 5.26. The zero-order chi connectivity index (χ0) is 16.2. The molecule has 0 amide bonds. The molecule has 0 radical (unpaired) electrons. The number of rotatable bonds is 5. The van der Waals surface area contributed by atoms with Gasteiger partial charge in [-0.05, 0) is 45.8 Å². The number of halogens is 1. The molecule has 0 saturated heterocycles. The first-order valence-corrected chi connectivity index (χ1v) is 8.63. The summed E-state index contributed by atoms with van der Waals surface area (Å²) in [7, 11) is -2.47. The third-order valence-electron chi connectivity index (χ3n) is 2.89. The van der Waals surface area contributed by atoms with E-state index in [1.165, 1.54) is 13.2 Å². The molecule has 0 heterocycles. The van der Waals surface area contributed by atoms with Crippen molar-refractivity contribution >= 4 is 37.6 Å². The van der Waals surface area contributed by atoms with Crippen LogP contribution in [0.15, 0.2) is 57.9 Å². The van der Waals surface area contributed by atoms with E-state index in [1.807, 2.05) is 0 Å². The van der Waals surface area contributed by atoms with Crippen molar-refractivity contribution in [2.24, 2.45) is 0 Å². The van der Waals surface area contributed by atoms with Gasteiger partial charge in [0.25, 0.3) is 10.0 Å². The van der Waals surface area contributed by atoms with Crippen LogP contribution in [0, 0.1) is 0 Å². The van der Waals surface area contributed by atoms with Gasteiger partial charge in [0.2, 0.25) is 0 Å². The number of hydrogen-bond donors (Lipinski definition) is 1. The molecule has 0 unspecified atom stereocenters. The molecule has 0 aromatic heterocycles. The largest absolute Gasteiger partial charge is 0.469 e. The van der Waals surface area contributed by atoms with Crippen molar-refractivity contribution in [1.82, 2.24) is 0 Å². The van der Waals surface area contributed by atoms with E-state index in [-0.39, 0.29) is 11.3 Å². The highest BCUT2D eigenvalue weighted by atomic mass is 79.9. The summed E-state index contributed by atoms with van der Waals surface area (Å²) >= 11 is 3.23. The zero-order valence-corrected chi connectivity index (χ0v) is 14.1. The average Bonchev–Trinajstić information content (AvgIpc) is 2.49. The van der Waals surface area contributed by atoms with E-state index >= 15 is 0 Å². The number of benzene rings is 2. The predicted octanol–water partition coefficient (Wildman–Crippen LogP) is 2.97.